The van der Waals surface area contributed by atoms with Crippen molar-refractivity contribution in [1.29, 1.82) is 0 Å². The van der Waals surface area contributed by atoms with Gasteiger partial charge in [0.15, 0.2) is 0 Å². The summed E-state index contributed by atoms with van der Waals surface area (Å²) in [7, 11) is -1.62. The van der Waals surface area contributed by atoms with Crippen LogP contribution in [0, 0.1) is 10.8 Å². The van der Waals surface area contributed by atoms with Crippen molar-refractivity contribution in [3.05, 3.63) is 47.1 Å². The SMILES string of the molecule is CC(C)(C)C1=CCC(SO[Si](C)(C)C)(C2=CCC=C2)C(C(C)(C)C)=C1. The molecular formula is C22H36OSSi. The van der Waals surface area contributed by atoms with Crippen LogP contribution in [-0.2, 0) is 3.87 Å². The molecule has 0 saturated heterocycles. The van der Waals surface area contributed by atoms with E-state index in [2.05, 4.69) is 91.6 Å². The fourth-order valence-corrected chi connectivity index (χ4v) is 5.82. The van der Waals surface area contributed by atoms with Gasteiger partial charge < -0.3 is 3.87 Å². The van der Waals surface area contributed by atoms with Gasteiger partial charge >= 0.3 is 0 Å². The summed E-state index contributed by atoms with van der Waals surface area (Å²) < 4.78 is 6.34. The molecule has 0 heterocycles. The van der Waals surface area contributed by atoms with Crippen LogP contribution in [0.15, 0.2) is 47.1 Å². The highest BCUT2D eigenvalue weighted by atomic mass is 32.2. The minimum atomic E-state index is -1.62. The zero-order valence-corrected chi connectivity index (χ0v) is 19.4. The Balaban J connectivity index is 2.56. The van der Waals surface area contributed by atoms with Crippen molar-refractivity contribution >= 4 is 20.4 Å². The van der Waals surface area contributed by atoms with Gasteiger partial charge in [-0.05, 0) is 72.1 Å². The average Bonchev–Trinajstić information content (AvgIpc) is 2.96. The molecule has 1 atom stereocenters. The van der Waals surface area contributed by atoms with Crippen LogP contribution in [0.4, 0.5) is 0 Å². The van der Waals surface area contributed by atoms with E-state index in [-0.39, 0.29) is 15.6 Å². The summed E-state index contributed by atoms with van der Waals surface area (Å²) in [5.74, 6) is 0. The normalized spacial score (nSPS) is 24.9. The summed E-state index contributed by atoms with van der Waals surface area (Å²) in [5.41, 5.74) is 4.63. The highest BCUT2D eigenvalue weighted by Crippen LogP contribution is 2.55. The maximum Gasteiger partial charge on any atom is 0.202 e. The Morgan fingerprint density at radius 1 is 1.00 bits per heavy atom. The van der Waals surface area contributed by atoms with Crippen molar-refractivity contribution in [1.82, 2.24) is 0 Å². The van der Waals surface area contributed by atoms with Gasteiger partial charge in [-0.15, -0.1) is 0 Å². The monoisotopic (exact) mass is 376 g/mol. The van der Waals surface area contributed by atoms with Gasteiger partial charge in [0.25, 0.3) is 0 Å². The van der Waals surface area contributed by atoms with Crippen LogP contribution in [0.1, 0.15) is 54.4 Å². The lowest BCUT2D eigenvalue weighted by atomic mass is 9.68. The second-order valence-electron chi connectivity index (χ2n) is 10.3. The molecule has 140 valence electrons. The summed E-state index contributed by atoms with van der Waals surface area (Å²) in [6, 6.07) is 0. The van der Waals surface area contributed by atoms with Gasteiger partial charge in [-0.25, -0.2) is 0 Å². The minimum absolute atomic E-state index is 0.0951. The molecule has 0 spiro atoms. The van der Waals surface area contributed by atoms with E-state index in [4.69, 9.17) is 3.87 Å². The molecule has 2 rings (SSSR count). The molecule has 3 heteroatoms. The van der Waals surface area contributed by atoms with Crippen LogP contribution in [0.25, 0.3) is 0 Å². The average molecular weight is 377 g/mol. The molecule has 2 aliphatic rings. The third-order valence-electron chi connectivity index (χ3n) is 4.69. The maximum absolute atomic E-state index is 6.44. The summed E-state index contributed by atoms with van der Waals surface area (Å²) in [5, 5.41) is 0. The molecule has 0 radical (unpaired) electrons. The van der Waals surface area contributed by atoms with E-state index >= 15 is 0 Å². The van der Waals surface area contributed by atoms with Gasteiger partial charge in [-0.3, -0.25) is 0 Å². The Hall–Kier alpha value is -0.513. The van der Waals surface area contributed by atoms with Crippen LogP contribution < -0.4 is 0 Å². The zero-order chi connectivity index (χ0) is 19.1. The fraction of sp³-hybridized carbons (Fsp3) is 0.636. The first-order chi connectivity index (χ1) is 11.3. The first kappa shape index (κ1) is 20.8. The van der Waals surface area contributed by atoms with Gasteiger partial charge in [0.2, 0.25) is 8.32 Å². The van der Waals surface area contributed by atoms with E-state index in [1.807, 2.05) is 0 Å². The van der Waals surface area contributed by atoms with Gasteiger partial charge in [-0.2, -0.15) is 0 Å². The molecule has 0 aliphatic heterocycles. The number of hydrogen-bond donors (Lipinski definition) is 0. The quantitative estimate of drug-likeness (QED) is 0.372. The summed E-state index contributed by atoms with van der Waals surface area (Å²) in [6.45, 7) is 20.8. The lowest BCUT2D eigenvalue weighted by molar-refractivity contribution is 0.439. The van der Waals surface area contributed by atoms with Crippen LogP contribution in [0.3, 0.4) is 0 Å². The van der Waals surface area contributed by atoms with Crippen LogP contribution in [-0.4, -0.2) is 13.1 Å². The maximum atomic E-state index is 6.44. The molecule has 25 heavy (non-hydrogen) atoms. The summed E-state index contributed by atoms with van der Waals surface area (Å²) in [6.07, 6.45) is 13.9. The highest BCUT2D eigenvalue weighted by molar-refractivity contribution is 7.97. The zero-order valence-electron chi connectivity index (χ0n) is 17.6. The number of rotatable bonds is 4. The molecule has 0 fully saturated rings. The lowest BCUT2D eigenvalue weighted by Gasteiger charge is -2.45. The molecule has 0 N–H and O–H groups in total. The first-order valence-electron chi connectivity index (χ1n) is 9.43. The van der Waals surface area contributed by atoms with Crippen LogP contribution in [0.2, 0.25) is 19.6 Å². The van der Waals surface area contributed by atoms with Crippen molar-refractivity contribution < 1.29 is 3.87 Å². The Morgan fingerprint density at radius 3 is 2.08 bits per heavy atom. The molecular weight excluding hydrogens is 340 g/mol. The van der Waals surface area contributed by atoms with E-state index in [1.54, 1.807) is 12.0 Å². The van der Waals surface area contributed by atoms with Crippen molar-refractivity contribution in [3.63, 3.8) is 0 Å². The van der Waals surface area contributed by atoms with E-state index < -0.39 is 8.32 Å². The molecule has 0 aromatic rings. The van der Waals surface area contributed by atoms with Crippen molar-refractivity contribution in [2.45, 2.75) is 78.8 Å². The standard InChI is InChI=1S/C22H36OSSi/c1-20(2,3)18-14-15-22(17-12-10-11-13-17,24-23-25(7,8)9)19(16-18)21(4,5)6/h10,12-14,16H,11,15H2,1-9H3. The van der Waals surface area contributed by atoms with E-state index in [0.717, 1.165) is 12.8 Å². The van der Waals surface area contributed by atoms with Crippen molar-refractivity contribution in [2.75, 3.05) is 0 Å². The molecule has 2 aliphatic carbocycles. The van der Waals surface area contributed by atoms with Crippen LogP contribution >= 0.6 is 12.0 Å². The Bertz CT molecular complexity index is 632. The lowest BCUT2D eigenvalue weighted by Crippen LogP contribution is -2.39. The smallest absolute Gasteiger partial charge is 0.202 e. The van der Waals surface area contributed by atoms with Gasteiger partial charge in [-0.1, -0.05) is 71.9 Å². The molecule has 0 amide bonds. The predicted molar refractivity (Wildman–Crippen MR) is 116 cm³/mol. The molecule has 0 aromatic heterocycles. The molecule has 1 unspecified atom stereocenters. The molecule has 0 bridgehead atoms. The number of hydrogen-bond acceptors (Lipinski definition) is 2. The Labute approximate surface area is 161 Å². The van der Waals surface area contributed by atoms with E-state index in [1.165, 1.54) is 16.7 Å². The highest BCUT2D eigenvalue weighted by Gasteiger charge is 2.46. The van der Waals surface area contributed by atoms with Crippen LogP contribution in [0.5, 0.6) is 0 Å². The Morgan fingerprint density at radius 2 is 1.64 bits per heavy atom. The second-order valence-corrected chi connectivity index (χ2v) is 16.1. The van der Waals surface area contributed by atoms with Crippen molar-refractivity contribution in [3.8, 4) is 0 Å². The van der Waals surface area contributed by atoms with Gasteiger partial charge in [0, 0.05) is 0 Å². The topological polar surface area (TPSA) is 9.23 Å². The molecule has 1 nitrogen and oxygen atoms in total. The van der Waals surface area contributed by atoms with E-state index in [9.17, 15) is 0 Å². The third kappa shape index (κ3) is 4.81. The van der Waals surface area contributed by atoms with Crippen molar-refractivity contribution in [2.24, 2.45) is 10.8 Å². The van der Waals surface area contributed by atoms with E-state index in [0.29, 0.717) is 0 Å². The Kier molecular flexibility index (Phi) is 5.74. The summed E-state index contributed by atoms with van der Waals surface area (Å²) in [4.78, 5) is 0. The first-order valence-corrected chi connectivity index (χ1v) is 13.6. The van der Waals surface area contributed by atoms with Gasteiger partial charge in [0.1, 0.15) is 0 Å². The summed E-state index contributed by atoms with van der Waals surface area (Å²) >= 11 is 1.73. The van der Waals surface area contributed by atoms with Gasteiger partial charge in [0.05, 0.1) is 4.75 Å². The second kappa shape index (κ2) is 6.90. The number of allylic oxidation sites excluding steroid dienone is 6. The predicted octanol–water partition coefficient (Wildman–Crippen LogP) is 7.46. The molecule has 0 saturated carbocycles. The molecule has 0 aromatic carbocycles. The third-order valence-corrected chi connectivity index (χ3v) is 7.93. The minimum Gasteiger partial charge on any atom is -0.357 e. The largest absolute Gasteiger partial charge is 0.357 e. The fourth-order valence-electron chi connectivity index (χ4n) is 3.39.